The van der Waals surface area contributed by atoms with Gasteiger partial charge in [-0.3, -0.25) is 9.59 Å². The third-order valence-electron chi connectivity index (χ3n) is 9.52. The van der Waals surface area contributed by atoms with Crippen molar-refractivity contribution in [3.63, 3.8) is 0 Å². The van der Waals surface area contributed by atoms with Gasteiger partial charge in [0.1, 0.15) is 5.76 Å². The zero-order valence-corrected chi connectivity index (χ0v) is 27.5. The Labute approximate surface area is 288 Å². The molecular weight excluding hydrogens is 687 g/mol. The van der Waals surface area contributed by atoms with E-state index in [2.05, 4.69) is 4.90 Å². The Balaban J connectivity index is 0.000000654. The van der Waals surface area contributed by atoms with Gasteiger partial charge in [-0.1, -0.05) is 36.4 Å². The number of carboxylic acids is 2. The first-order valence-corrected chi connectivity index (χ1v) is 15.6. The molecule has 6 atom stereocenters. The number of likely N-dealkylation sites (N-methyl/N-ethyl adjacent to an activating group) is 1. The van der Waals surface area contributed by atoms with Gasteiger partial charge in [0.2, 0.25) is 12.2 Å². The van der Waals surface area contributed by atoms with Crippen LogP contribution in [-0.4, -0.2) is 101 Å². The smallest absolute Gasteiger partial charge is 0.490 e. The van der Waals surface area contributed by atoms with Gasteiger partial charge in [-0.15, -0.1) is 0 Å². The average molecular weight is 722 g/mol. The number of benzene rings is 2. The lowest BCUT2D eigenvalue weighted by Crippen LogP contribution is -2.74. The highest BCUT2D eigenvalue weighted by molar-refractivity contribution is 5.85. The highest BCUT2D eigenvalue weighted by atomic mass is 19.4. The van der Waals surface area contributed by atoms with Crippen molar-refractivity contribution in [2.75, 3.05) is 20.7 Å². The van der Waals surface area contributed by atoms with Gasteiger partial charge in [0.05, 0.1) is 24.5 Å². The summed E-state index contributed by atoms with van der Waals surface area (Å²) >= 11 is 0. The van der Waals surface area contributed by atoms with Crippen LogP contribution in [0.25, 0.3) is 0 Å². The quantitative estimate of drug-likeness (QED) is 0.253. The Hall–Kier alpha value is -5.16. The summed E-state index contributed by atoms with van der Waals surface area (Å²) in [6, 6.07) is 11.8. The van der Waals surface area contributed by atoms with Crippen molar-refractivity contribution in [2.45, 2.75) is 74.2 Å². The van der Waals surface area contributed by atoms with E-state index in [1.807, 2.05) is 19.2 Å². The molecule has 51 heavy (non-hydrogen) atoms. The van der Waals surface area contributed by atoms with E-state index in [-0.39, 0.29) is 23.8 Å². The predicted molar refractivity (Wildman–Crippen MR) is 164 cm³/mol. The maximum Gasteiger partial charge on any atom is 0.490 e. The second kappa shape index (κ2) is 13.9. The molecule has 2 aliphatic carbocycles. The number of alkyl halides is 3. The Bertz CT molecular complexity index is 1760. The number of hydrogen-bond acceptors (Lipinski definition) is 12. The fourth-order valence-electron chi connectivity index (χ4n) is 7.35. The van der Waals surface area contributed by atoms with Crippen LogP contribution in [0.3, 0.4) is 0 Å². The molecule has 1 spiro atoms. The second-order valence-electron chi connectivity index (χ2n) is 12.4. The molecule has 0 saturated carbocycles. The van der Waals surface area contributed by atoms with E-state index in [0.717, 1.165) is 18.1 Å². The number of carboxylic acid groups (broad SMARTS) is 2. The maximum absolute atomic E-state index is 13.8. The molecule has 0 radical (unpaired) electrons. The summed E-state index contributed by atoms with van der Waals surface area (Å²) < 4.78 is 60.0. The van der Waals surface area contributed by atoms with Crippen LogP contribution in [0.5, 0.6) is 11.5 Å². The number of aliphatic carboxylic acids is 2. The lowest BCUT2D eigenvalue weighted by molar-refractivity contribution is -0.192. The van der Waals surface area contributed by atoms with Crippen molar-refractivity contribution in [2.24, 2.45) is 0 Å². The SMILES string of the molecule is COc1ccc2c3c1O[C@H]1C(OC(=O)C(OC(=O)CC(OC(C)=O)C(=O)O)c4ccccc4)=CC[C@@]4(O)[C@@H](C2)N(C)CC[C@]314.O=C(O)C(F)(F)F. The van der Waals surface area contributed by atoms with Gasteiger partial charge in [0.15, 0.2) is 17.6 Å². The third kappa shape index (κ3) is 6.70. The number of methoxy groups -OCH3 is 1. The van der Waals surface area contributed by atoms with E-state index in [1.165, 1.54) is 0 Å². The van der Waals surface area contributed by atoms with Gasteiger partial charge in [-0.2, -0.15) is 13.2 Å². The summed E-state index contributed by atoms with van der Waals surface area (Å²) in [6.07, 6.45) is -7.12. The zero-order valence-electron chi connectivity index (χ0n) is 27.5. The number of rotatable bonds is 9. The molecule has 4 aliphatic rings. The summed E-state index contributed by atoms with van der Waals surface area (Å²) in [5, 5.41) is 28.9. The molecule has 0 aromatic heterocycles. The van der Waals surface area contributed by atoms with E-state index in [0.29, 0.717) is 30.9 Å². The van der Waals surface area contributed by atoms with Crippen molar-refractivity contribution < 1.29 is 76.1 Å². The summed E-state index contributed by atoms with van der Waals surface area (Å²) in [6.45, 7) is 1.70. The summed E-state index contributed by atoms with van der Waals surface area (Å²) in [5.41, 5.74) is 0.0660. The second-order valence-corrected chi connectivity index (χ2v) is 12.4. The standard InChI is InChI=1S/C32H33NO11.C2HF3O2/c1-17(34)41-22(29(36)37)16-24(35)43-26(18-7-5-4-6-8-18)30(38)42-21-11-12-32(39)23-15-19-9-10-20(40-3)27-25(19)31(32,28(21)44-27)13-14-33(23)2;3-2(4,5)1(6)7/h4-11,22-23,26,28,39H,12-16H2,1-3H3,(H,36,37);(H,6,7)/t22?,23-,26?,28+,31+,32-;/m1./s1. The van der Waals surface area contributed by atoms with Gasteiger partial charge in [0, 0.05) is 30.5 Å². The van der Waals surface area contributed by atoms with Crippen LogP contribution in [-0.2, 0) is 50.0 Å². The molecule has 2 aliphatic heterocycles. The van der Waals surface area contributed by atoms with E-state index in [4.69, 9.17) is 33.6 Å². The maximum atomic E-state index is 13.8. The van der Waals surface area contributed by atoms with Gasteiger partial charge >= 0.3 is 36.0 Å². The molecule has 2 heterocycles. The minimum absolute atomic E-state index is 0.175. The largest absolute Gasteiger partial charge is 0.493 e. The lowest BCUT2D eigenvalue weighted by atomic mass is 9.50. The fourth-order valence-corrected chi connectivity index (χ4v) is 7.35. The zero-order chi connectivity index (χ0) is 37.5. The molecule has 274 valence electrons. The van der Waals surface area contributed by atoms with Crippen LogP contribution >= 0.6 is 0 Å². The summed E-state index contributed by atoms with van der Waals surface area (Å²) in [5.74, 6) is -6.01. The molecule has 1 saturated heterocycles. The number of esters is 3. The minimum atomic E-state index is -5.08. The minimum Gasteiger partial charge on any atom is -0.493 e. The van der Waals surface area contributed by atoms with E-state index in [9.17, 15) is 42.6 Å². The Kier molecular flexibility index (Phi) is 10.1. The molecule has 14 nitrogen and oxygen atoms in total. The number of carbonyl (C=O) groups excluding carboxylic acids is 3. The summed E-state index contributed by atoms with van der Waals surface area (Å²) in [7, 11) is 3.53. The van der Waals surface area contributed by atoms with Gasteiger partial charge < -0.3 is 43.9 Å². The predicted octanol–water partition coefficient (Wildman–Crippen LogP) is 2.84. The number of ether oxygens (including phenoxy) is 5. The highest BCUT2D eigenvalue weighted by Gasteiger charge is 2.72. The Morgan fingerprint density at radius 1 is 1.06 bits per heavy atom. The first kappa shape index (κ1) is 37.1. The fraction of sp³-hybridized carbons (Fsp3) is 0.441. The van der Waals surface area contributed by atoms with Crippen LogP contribution in [0.4, 0.5) is 13.2 Å². The van der Waals surface area contributed by atoms with Crippen molar-refractivity contribution in [3.8, 4) is 11.5 Å². The number of halogens is 3. The van der Waals surface area contributed by atoms with Crippen molar-refractivity contribution in [1.29, 1.82) is 0 Å². The Morgan fingerprint density at radius 3 is 2.31 bits per heavy atom. The Morgan fingerprint density at radius 2 is 1.73 bits per heavy atom. The van der Waals surface area contributed by atoms with Gasteiger partial charge in [0.25, 0.3) is 0 Å². The lowest BCUT2D eigenvalue weighted by Gasteiger charge is -2.61. The number of hydrogen-bond donors (Lipinski definition) is 3. The highest BCUT2D eigenvalue weighted by Crippen LogP contribution is 2.65. The normalized spacial score (nSPS) is 25.3. The molecular formula is C34H34F3NO13. The molecule has 1 fully saturated rings. The molecule has 17 heteroatoms. The van der Waals surface area contributed by atoms with Gasteiger partial charge in [-0.25, -0.2) is 14.4 Å². The molecule has 3 N–H and O–H groups in total. The molecule has 6 rings (SSSR count). The monoisotopic (exact) mass is 721 g/mol. The van der Waals surface area contributed by atoms with Crippen LogP contribution in [0.1, 0.15) is 49.0 Å². The van der Waals surface area contributed by atoms with Crippen molar-refractivity contribution >= 4 is 29.8 Å². The first-order chi connectivity index (χ1) is 23.9. The third-order valence-corrected chi connectivity index (χ3v) is 9.52. The number of likely N-dealkylation sites (tertiary alicyclic amines) is 1. The van der Waals surface area contributed by atoms with Crippen molar-refractivity contribution in [1.82, 2.24) is 4.90 Å². The van der Waals surface area contributed by atoms with Crippen molar-refractivity contribution in [3.05, 3.63) is 71.0 Å². The molecule has 2 aromatic carbocycles. The average Bonchev–Trinajstić information content (AvgIpc) is 3.42. The van der Waals surface area contributed by atoms with Crippen LogP contribution < -0.4 is 9.47 Å². The van der Waals surface area contributed by atoms with Crippen LogP contribution in [0.2, 0.25) is 0 Å². The van der Waals surface area contributed by atoms with Crippen LogP contribution in [0, 0.1) is 0 Å². The topological polar surface area (TPSA) is 195 Å². The number of nitrogens with zero attached hydrogens (tertiary/aromatic N) is 1. The van der Waals surface area contributed by atoms with E-state index < -0.39 is 71.8 Å². The molecule has 0 amide bonds. The first-order valence-electron chi connectivity index (χ1n) is 15.6. The van der Waals surface area contributed by atoms with Gasteiger partial charge in [-0.05, 0) is 44.1 Å². The molecule has 2 aromatic rings. The summed E-state index contributed by atoms with van der Waals surface area (Å²) in [4.78, 5) is 60.6. The van der Waals surface area contributed by atoms with E-state index >= 15 is 0 Å². The molecule has 2 bridgehead atoms. The number of piperidine rings is 1. The number of carbonyl (C=O) groups is 5. The van der Waals surface area contributed by atoms with E-state index in [1.54, 1.807) is 43.5 Å². The molecule has 2 unspecified atom stereocenters. The van der Waals surface area contributed by atoms with Crippen LogP contribution in [0.15, 0.2) is 54.3 Å². The number of aliphatic hydroxyl groups is 1.